The zero-order valence-electron chi connectivity index (χ0n) is 10.3. The normalized spacial score (nSPS) is 10.2. The molecule has 0 aliphatic heterocycles. The Balaban J connectivity index is 2.33. The van der Waals surface area contributed by atoms with Crippen molar-refractivity contribution < 1.29 is 13.9 Å². The molecule has 104 valence electrons. The minimum atomic E-state index is -0.501. The molecule has 20 heavy (non-hydrogen) atoms. The Bertz CT molecular complexity index is 644. The van der Waals surface area contributed by atoms with Gasteiger partial charge in [-0.1, -0.05) is 11.6 Å². The van der Waals surface area contributed by atoms with E-state index in [1.807, 2.05) is 0 Å². The average Bonchev–Trinajstić information content (AvgIpc) is 2.42. The van der Waals surface area contributed by atoms with Crippen LogP contribution < -0.4 is 10.1 Å². The van der Waals surface area contributed by atoms with Gasteiger partial charge in [0.25, 0.3) is 5.91 Å². The van der Waals surface area contributed by atoms with E-state index in [0.717, 1.165) is 6.07 Å². The van der Waals surface area contributed by atoms with Gasteiger partial charge in [0.15, 0.2) is 0 Å². The summed E-state index contributed by atoms with van der Waals surface area (Å²) in [7, 11) is 1.42. The molecule has 0 radical (unpaired) electrons. The number of halogens is 3. The molecule has 4 nitrogen and oxygen atoms in total. The third kappa shape index (κ3) is 3.08. The van der Waals surface area contributed by atoms with Crippen LogP contribution in [0.4, 0.5) is 10.1 Å². The number of amides is 1. The van der Waals surface area contributed by atoms with Crippen LogP contribution in [0.15, 0.2) is 34.9 Å². The molecule has 0 fully saturated rings. The minimum Gasteiger partial charge on any atom is -0.480 e. The third-order valence-corrected chi connectivity index (χ3v) is 3.38. The van der Waals surface area contributed by atoms with Crippen LogP contribution in [0.3, 0.4) is 0 Å². The number of carbonyl (C=O) groups excluding carboxylic acids is 1. The molecule has 0 spiro atoms. The van der Waals surface area contributed by atoms with Gasteiger partial charge in [0.1, 0.15) is 11.4 Å². The largest absolute Gasteiger partial charge is 0.480 e. The van der Waals surface area contributed by atoms with Crippen LogP contribution in [-0.4, -0.2) is 18.0 Å². The fourth-order valence-corrected chi connectivity index (χ4v) is 2.47. The summed E-state index contributed by atoms with van der Waals surface area (Å²) in [5, 5.41) is 2.68. The molecule has 2 aromatic rings. The highest BCUT2D eigenvalue weighted by Crippen LogP contribution is 2.32. The maximum atomic E-state index is 13.1. The van der Waals surface area contributed by atoms with Gasteiger partial charge >= 0.3 is 0 Å². The summed E-state index contributed by atoms with van der Waals surface area (Å²) in [5.74, 6) is -0.762. The molecule has 0 unspecified atom stereocenters. The van der Waals surface area contributed by atoms with E-state index < -0.39 is 11.7 Å². The van der Waals surface area contributed by atoms with Gasteiger partial charge in [0, 0.05) is 10.7 Å². The molecular weight excluding hydrogens is 351 g/mol. The SMILES string of the molecule is COc1ncccc1C(=O)Nc1c(Cl)cc(F)cc1Br. The monoisotopic (exact) mass is 358 g/mol. The summed E-state index contributed by atoms with van der Waals surface area (Å²) >= 11 is 9.06. The van der Waals surface area contributed by atoms with Crippen molar-refractivity contribution in [2.45, 2.75) is 0 Å². The first-order chi connectivity index (χ1) is 9.52. The second kappa shape index (κ2) is 6.19. The average molecular weight is 360 g/mol. The van der Waals surface area contributed by atoms with Crippen molar-refractivity contribution in [2.24, 2.45) is 0 Å². The lowest BCUT2D eigenvalue weighted by atomic mass is 10.2. The van der Waals surface area contributed by atoms with Gasteiger partial charge in [-0.2, -0.15) is 0 Å². The van der Waals surface area contributed by atoms with E-state index in [-0.39, 0.29) is 22.2 Å². The van der Waals surface area contributed by atoms with Crippen molar-refractivity contribution in [3.05, 3.63) is 51.3 Å². The van der Waals surface area contributed by atoms with Crippen LogP contribution in [0.25, 0.3) is 0 Å². The van der Waals surface area contributed by atoms with Gasteiger partial charge < -0.3 is 10.1 Å². The smallest absolute Gasteiger partial charge is 0.261 e. The number of hydrogen-bond donors (Lipinski definition) is 1. The molecule has 1 aromatic heterocycles. The number of aromatic nitrogens is 1. The number of methoxy groups -OCH3 is 1. The number of rotatable bonds is 3. The second-order valence-corrected chi connectivity index (χ2v) is 5.02. The van der Waals surface area contributed by atoms with Crippen LogP contribution in [-0.2, 0) is 0 Å². The Hall–Kier alpha value is -1.66. The van der Waals surface area contributed by atoms with E-state index in [0.29, 0.717) is 4.47 Å². The molecule has 0 saturated heterocycles. The van der Waals surface area contributed by atoms with Gasteiger partial charge in [-0.3, -0.25) is 4.79 Å². The van der Waals surface area contributed by atoms with Gasteiger partial charge in [0.05, 0.1) is 17.8 Å². The molecule has 1 heterocycles. The van der Waals surface area contributed by atoms with E-state index in [1.54, 1.807) is 12.1 Å². The number of carbonyl (C=O) groups is 1. The zero-order valence-corrected chi connectivity index (χ0v) is 12.6. The molecular formula is C13H9BrClFN2O2. The van der Waals surface area contributed by atoms with Crippen LogP contribution in [0.2, 0.25) is 5.02 Å². The van der Waals surface area contributed by atoms with Crippen molar-refractivity contribution in [1.29, 1.82) is 0 Å². The molecule has 1 N–H and O–H groups in total. The van der Waals surface area contributed by atoms with Gasteiger partial charge in [-0.15, -0.1) is 0 Å². The highest BCUT2D eigenvalue weighted by Gasteiger charge is 2.16. The van der Waals surface area contributed by atoms with E-state index in [2.05, 4.69) is 26.2 Å². The van der Waals surface area contributed by atoms with E-state index in [4.69, 9.17) is 16.3 Å². The number of ether oxygens (including phenoxy) is 1. The first-order valence-electron chi connectivity index (χ1n) is 5.48. The van der Waals surface area contributed by atoms with Crippen LogP contribution in [0, 0.1) is 5.82 Å². The highest BCUT2D eigenvalue weighted by molar-refractivity contribution is 9.10. The quantitative estimate of drug-likeness (QED) is 0.904. The van der Waals surface area contributed by atoms with Crippen LogP contribution in [0.1, 0.15) is 10.4 Å². The van der Waals surface area contributed by atoms with Gasteiger partial charge in [-0.05, 0) is 40.2 Å². The molecule has 7 heteroatoms. The van der Waals surface area contributed by atoms with E-state index >= 15 is 0 Å². The molecule has 0 saturated carbocycles. The van der Waals surface area contributed by atoms with E-state index in [1.165, 1.54) is 19.4 Å². The fraction of sp³-hybridized carbons (Fsp3) is 0.0769. The minimum absolute atomic E-state index is 0.0908. The number of nitrogens with zero attached hydrogens (tertiary/aromatic N) is 1. The summed E-state index contributed by atoms with van der Waals surface area (Å²) < 4.78 is 18.5. The second-order valence-electron chi connectivity index (χ2n) is 3.76. The zero-order chi connectivity index (χ0) is 14.7. The van der Waals surface area contributed by atoms with Crippen molar-refractivity contribution >= 4 is 39.1 Å². The summed E-state index contributed by atoms with van der Waals surface area (Å²) in [6, 6.07) is 5.50. The van der Waals surface area contributed by atoms with Crippen LogP contribution in [0.5, 0.6) is 5.88 Å². The maximum absolute atomic E-state index is 13.1. The summed E-state index contributed by atoms with van der Waals surface area (Å²) in [4.78, 5) is 16.1. The predicted molar refractivity (Wildman–Crippen MR) is 77.9 cm³/mol. The number of hydrogen-bond acceptors (Lipinski definition) is 3. The fourth-order valence-electron chi connectivity index (χ4n) is 1.57. The first kappa shape index (κ1) is 14.7. The van der Waals surface area contributed by atoms with Crippen molar-refractivity contribution in [2.75, 3.05) is 12.4 Å². The third-order valence-electron chi connectivity index (χ3n) is 2.45. The lowest BCUT2D eigenvalue weighted by molar-refractivity contribution is 0.102. The molecule has 0 bridgehead atoms. The number of nitrogens with one attached hydrogen (secondary N) is 1. The summed E-state index contributed by atoms with van der Waals surface area (Å²) in [6.07, 6.45) is 1.51. The van der Waals surface area contributed by atoms with Gasteiger partial charge in [-0.25, -0.2) is 9.37 Å². The molecule has 0 atom stereocenters. The highest BCUT2D eigenvalue weighted by atomic mass is 79.9. The number of benzene rings is 1. The number of anilines is 1. The van der Waals surface area contributed by atoms with Gasteiger partial charge in [0.2, 0.25) is 5.88 Å². The Labute approximate surface area is 128 Å². The van der Waals surface area contributed by atoms with Crippen molar-refractivity contribution in [3.8, 4) is 5.88 Å². The Morgan fingerprint density at radius 1 is 1.50 bits per heavy atom. The Kier molecular flexibility index (Phi) is 4.57. The molecule has 0 aliphatic rings. The topological polar surface area (TPSA) is 51.2 Å². The predicted octanol–water partition coefficient (Wildman–Crippen LogP) is 3.90. The number of pyridine rings is 1. The van der Waals surface area contributed by atoms with E-state index in [9.17, 15) is 9.18 Å². The first-order valence-corrected chi connectivity index (χ1v) is 6.65. The lowest BCUT2D eigenvalue weighted by Crippen LogP contribution is -2.14. The maximum Gasteiger partial charge on any atom is 0.261 e. The molecule has 2 rings (SSSR count). The lowest BCUT2D eigenvalue weighted by Gasteiger charge is -2.11. The van der Waals surface area contributed by atoms with Crippen molar-refractivity contribution in [1.82, 2.24) is 4.98 Å². The molecule has 1 amide bonds. The summed E-state index contributed by atoms with van der Waals surface area (Å²) in [6.45, 7) is 0. The Morgan fingerprint density at radius 3 is 2.90 bits per heavy atom. The van der Waals surface area contributed by atoms with Crippen LogP contribution >= 0.6 is 27.5 Å². The summed E-state index contributed by atoms with van der Waals surface area (Å²) in [5.41, 5.74) is 0.534. The molecule has 1 aromatic carbocycles. The molecule has 0 aliphatic carbocycles. The Morgan fingerprint density at radius 2 is 2.25 bits per heavy atom. The standard InChI is InChI=1S/C13H9BrClFN2O2/c1-20-13-8(3-2-4-17-13)12(19)18-11-9(14)5-7(16)6-10(11)15/h2-6H,1H3,(H,18,19). The van der Waals surface area contributed by atoms with Crippen molar-refractivity contribution in [3.63, 3.8) is 0 Å².